The van der Waals surface area contributed by atoms with E-state index in [-0.39, 0.29) is 22.0 Å². The first-order valence-corrected chi connectivity index (χ1v) is 17.4. The van der Waals surface area contributed by atoms with Crippen LogP contribution in [0.4, 0.5) is 0 Å². The van der Waals surface area contributed by atoms with Crippen LogP contribution in [0.2, 0.25) is 0 Å². The first kappa shape index (κ1) is 30.2. The van der Waals surface area contributed by atoms with Crippen LogP contribution in [0.1, 0.15) is 152 Å². The second-order valence-electron chi connectivity index (χ2n) is 16.0. The molecule has 2 aromatic carbocycles. The minimum absolute atomic E-state index is 0.0750. The third-order valence-corrected chi connectivity index (χ3v) is 13.3. The number of ether oxygens (including phenoxy) is 1. The van der Waals surface area contributed by atoms with Crippen molar-refractivity contribution in [1.82, 2.24) is 0 Å². The zero-order valence-corrected chi connectivity index (χ0v) is 28.2. The van der Waals surface area contributed by atoms with Gasteiger partial charge in [-0.15, -0.1) is 0 Å². The molecule has 0 N–H and O–H groups in total. The van der Waals surface area contributed by atoms with Gasteiger partial charge in [0.25, 0.3) is 0 Å². The molecule has 2 nitrogen and oxygen atoms in total. The van der Waals surface area contributed by atoms with E-state index < -0.39 is 5.41 Å². The summed E-state index contributed by atoms with van der Waals surface area (Å²) in [5, 5.41) is -0.156. The average Bonchev–Trinajstić information content (AvgIpc) is 2.92. The van der Waals surface area contributed by atoms with Crippen LogP contribution in [0.5, 0.6) is 11.5 Å². The van der Waals surface area contributed by atoms with Crippen molar-refractivity contribution in [2.75, 3.05) is 0 Å². The summed E-state index contributed by atoms with van der Waals surface area (Å²) in [6.45, 7) is 18.7. The maximum atomic E-state index is 12.8. The number of carbonyl (C=O) groups excluding carboxylic acids is 1. The van der Waals surface area contributed by atoms with Crippen molar-refractivity contribution in [2.24, 2.45) is 23.2 Å². The summed E-state index contributed by atoms with van der Waals surface area (Å²) in [5.41, 5.74) is 8.25. The van der Waals surface area contributed by atoms with Crippen LogP contribution in [0.3, 0.4) is 0 Å². The van der Waals surface area contributed by atoms with E-state index in [0.717, 1.165) is 55.4 Å². The monoisotopic (exact) mass is 588 g/mol. The zero-order valence-electron chi connectivity index (χ0n) is 27.5. The Balaban J connectivity index is 1.47. The fraction of sp³-hybridized carbons (Fsp3) is 0.667. The lowest BCUT2D eigenvalue weighted by Gasteiger charge is -2.54. The van der Waals surface area contributed by atoms with E-state index in [1.54, 1.807) is 11.1 Å². The van der Waals surface area contributed by atoms with E-state index >= 15 is 0 Å². The highest BCUT2D eigenvalue weighted by molar-refractivity contribution is 6.64. The van der Waals surface area contributed by atoms with E-state index in [9.17, 15) is 4.79 Å². The predicted octanol–water partition coefficient (Wildman–Crippen LogP) is 11.1. The molecule has 2 aromatic rings. The van der Waals surface area contributed by atoms with Crippen molar-refractivity contribution < 1.29 is 9.53 Å². The van der Waals surface area contributed by atoms with Crippen molar-refractivity contribution in [3.8, 4) is 11.5 Å². The van der Waals surface area contributed by atoms with E-state index in [1.807, 2.05) is 0 Å². The van der Waals surface area contributed by atoms with Gasteiger partial charge in [0.05, 0.1) is 0 Å². The van der Waals surface area contributed by atoms with Crippen molar-refractivity contribution in [2.45, 2.75) is 142 Å². The van der Waals surface area contributed by atoms with E-state index in [0.29, 0.717) is 11.8 Å². The molecule has 0 spiro atoms. The summed E-state index contributed by atoms with van der Waals surface area (Å²) in [7, 11) is 0. The number of benzene rings is 2. The molecule has 6 unspecified atom stereocenters. The quantitative estimate of drug-likeness (QED) is 0.325. The summed E-state index contributed by atoms with van der Waals surface area (Å²) < 4.78 is 7.18. The second kappa shape index (κ2) is 10.7. The van der Waals surface area contributed by atoms with Crippen LogP contribution in [0.15, 0.2) is 24.3 Å². The van der Waals surface area contributed by atoms with Gasteiger partial charge < -0.3 is 4.74 Å². The summed E-state index contributed by atoms with van der Waals surface area (Å²) in [5.74, 6) is 4.60. The van der Waals surface area contributed by atoms with Gasteiger partial charge in [-0.2, -0.15) is 0 Å². The standard InChI is InChI=1S/C39H53ClO2/c1-23(2)28-19-26-12-14-30-25(5)11-9-16-37(30,6)31(26)21-33(28)42-34-22-32-27(20-29(34)24(3)4)13-15-35-38(32,7)17-10-18-39(35,8)36(40)41/h19-25,30,35H,9-18H2,1-8H3. The lowest BCUT2D eigenvalue weighted by atomic mass is 9.50. The van der Waals surface area contributed by atoms with Gasteiger partial charge in [-0.05, 0) is 142 Å². The van der Waals surface area contributed by atoms with Crippen molar-refractivity contribution in [3.63, 3.8) is 0 Å². The summed E-state index contributed by atoms with van der Waals surface area (Å²) in [6, 6.07) is 9.79. The minimum Gasteiger partial charge on any atom is -0.457 e. The van der Waals surface area contributed by atoms with E-state index in [1.165, 1.54) is 54.4 Å². The highest BCUT2D eigenvalue weighted by Gasteiger charge is 2.55. The average molecular weight is 589 g/mol. The molecule has 228 valence electrons. The molecule has 0 saturated heterocycles. The predicted molar refractivity (Wildman–Crippen MR) is 175 cm³/mol. The van der Waals surface area contributed by atoms with Gasteiger partial charge in [-0.1, -0.05) is 86.8 Å². The fourth-order valence-corrected chi connectivity index (χ4v) is 10.6. The van der Waals surface area contributed by atoms with Crippen LogP contribution >= 0.6 is 11.6 Å². The maximum Gasteiger partial charge on any atom is 0.227 e. The van der Waals surface area contributed by atoms with Crippen LogP contribution < -0.4 is 4.74 Å². The van der Waals surface area contributed by atoms with Crippen molar-refractivity contribution >= 4 is 16.8 Å². The van der Waals surface area contributed by atoms with Crippen LogP contribution in [0, 0.1) is 23.2 Å². The molecule has 0 aliphatic heterocycles. The number of hydrogen-bond donors (Lipinski definition) is 0. The molecule has 0 amide bonds. The highest BCUT2D eigenvalue weighted by Crippen LogP contribution is 2.59. The van der Waals surface area contributed by atoms with Gasteiger partial charge in [0.15, 0.2) is 0 Å². The Bertz CT molecular complexity index is 1390. The Hall–Kier alpha value is -1.80. The number of hydrogen-bond acceptors (Lipinski definition) is 2. The summed E-state index contributed by atoms with van der Waals surface area (Å²) in [4.78, 5) is 12.8. The number of fused-ring (bicyclic) bond motifs is 6. The smallest absolute Gasteiger partial charge is 0.227 e. The van der Waals surface area contributed by atoms with Gasteiger partial charge in [0.1, 0.15) is 11.5 Å². The van der Waals surface area contributed by atoms with Crippen molar-refractivity contribution in [3.05, 3.63) is 57.6 Å². The highest BCUT2D eigenvalue weighted by atomic mass is 35.5. The maximum absolute atomic E-state index is 12.8. The van der Waals surface area contributed by atoms with Gasteiger partial charge >= 0.3 is 0 Å². The molecule has 4 aliphatic carbocycles. The Morgan fingerprint density at radius 3 is 1.90 bits per heavy atom. The third kappa shape index (κ3) is 4.60. The second-order valence-corrected chi connectivity index (χ2v) is 16.3. The third-order valence-electron chi connectivity index (χ3n) is 12.8. The topological polar surface area (TPSA) is 26.3 Å². The van der Waals surface area contributed by atoms with Crippen molar-refractivity contribution in [1.29, 1.82) is 0 Å². The van der Waals surface area contributed by atoms with Gasteiger partial charge in [-0.25, -0.2) is 0 Å². The number of rotatable bonds is 5. The molecule has 2 saturated carbocycles. The Labute approximate surface area is 260 Å². The summed E-state index contributed by atoms with van der Waals surface area (Å²) in [6.07, 6.45) is 11.5. The van der Waals surface area contributed by atoms with E-state index in [2.05, 4.69) is 79.7 Å². The molecule has 3 heteroatoms. The first-order valence-electron chi connectivity index (χ1n) is 17.0. The lowest BCUT2D eigenvalue weighted by Crippen LogP contribution is -2.51. The molecular formula is C39H53ClO2. The molecule has 2 fully saturated rings. The van der Waals surface area contributed by atoms with Crippen LogP contribution in [0.25, 0.3) is 0 Å². The van der Waals surface area contributed by atoms with E-state index in [4.69, 9.17) is 16.3 Å². The number of halogens is 1. The molecule has 0 bridgehead atoms. The zero-order chi connectivity index (χ0) is 30.2. The molecule has 4 aliphatic rings. The molecular weight excluding hydrogens is 536 g/mol. The molecule has 42 heavy (non-hydrogen) atoms. The Morgan fingerprint density at radius 1 is 0.786 bits per heavy atom. The fourth-order valence-electron chi connectivity index (χ4n) is 10.4. The molecule has 6 atom stereocenters. The van der Waals surface area contributed by atoms with Gasteiger partial charge in [0, 0.05) is 5.41 Å². The largest absolute Gasteiger partial charge is 0.457 e. The Kier molecular flexibility index (Phi) is 7.69. The van der Waals surface area contributed by atoms with Crippen LogP contribution in [-0.2, 0) is 28.5 Å². The molecule has 0 heterocycles. The minimum atomic E-state index is -0.462. The first-order chi connectivity index (χ1) is 19.8. The molecule has 0 radical (unpaired) electrons. The molecule has 0 aromatic heterocycles. The molecule has 6 rings (SSSR count). The SMILES string of the molecule is CC(C)c1cc2c(cc1Oc1cc3c(cc1C(C)C)CCC1C(C)(C(=O)Cl)CCCC31C)C1(C)CCCC(C)C1CC2. The van der Waals surface area contributed by atoms with Crippen LogP contribution in [-0.4, -0.2) is 5.24 Å². The normalized spacial score (nSPS) is 33.9. The number of carbonyl (C=O) groups is 1. The Morgan fingerprint density at radius 2 is 1.33 bits per heavy atom. The van der Waals surface area contributed by atoms with Gasteiger partial charge in [0.2, 0.25) is 5.24 Å². The summed E-state index contributed by atoms with van der Waals surface area (Å²) >= 11 is 6.32. The lowest BCUT2D eigenvalue weighted by molar-refractivity contribution is -0.127. The number of aryl methyl sites for hydroxylation is 2. The van der Waals surface area contributed by atoms with Gasteiger partial charge in [-0.3, -0.25) is 4.79 Å².